The van der Waals surface area contributed by atoms with Crippen LogP contribution >= 0.6 is 0 Å². The first-order valence-corrected chi connectivity index (χ1v) is 13.2. The van der Waals surface area contributed by atoms with Gasteiger partial charge in [0.2, 0.25) is 0 Å². The molecule has 0 aromatic heterocycles. The Balaban J connectivity index is 1.54. The van der Waals surface area contributed by atoms with Crippen molar-refractivity contribution in [2.24, 2.45) is 11.8 Å². The molecule has 3 aliphatic rings. The van der Waals surface area contributed by atoms with Crippen molar-refractivity contribution in [3.8, 4) is 0 Å². The van der Waals surface area contributed by atoms with Gasteiger partial charge in [-0.1, -0.05) is 0 Å². The van der Waals surface area contributed by atoms with Crippen LogP contribution in [0.25, 0.3) is 0 Å². The van der Waals surface area contributed by atoms with Crippen molar-refractivity contribution in [3.05, 3.63) is 0 Å². The lowest BCUT2D eigenvalue weighted by Gasteiger charge is -2.47. The molecule has 0 saturated carbocycles. The van der Waals surface area contributed by atoms with Crippen molar-refractivity contribution in [1.29, 1.82) is 0 Å². The smallest absolute Gasteiger partial charge is 0.184 e. The Bertz CT molecular complexity index is 790. The van der Waals surface area contributed by atoms with Gasteiger partial charge in [0.25, 0.3) is 0 Å². The summed E-state index contributed by atoms with van der Waals surface area (Å²) in [7, 11) is 0. The third kappa shape index (κ3) is 6.78. The van der Waals surface area contributed by atoms with E-state index in [0.717, 1.165) is 0 Å². The van der Waals surface area contributed by atoms with E-state index in [2.05, 4.69) is 0 Å². The lowest BCUT2D eigenvalue weighted by molar-refractivity contribution is -0.315. The van der Waals surface area contributed by atoms with Crippen molar-refractivity contribution in [2.75, 3.05) is 46.2 Å². The van der Waals surface area contributed by atoms with E-state index in [1.165, 1.54) is 13.8 Å². The minimum Gasteiger partial charge on any atom is -0.394 e. The van der Waals surface area contributed by atoms with Crippen LogP contribution in [0.2, 0.25) is 0 Å². The number of hydrogen-bond acceptors (Lipinski definition) is 16. The van der Waals surface area contributed by atoms with Gasteiger partial charge in [-0.15, -0.1) is 0 Å². The van der Waals surface area contributed by atoms with Crippen LogP contribution in [-0.4, -0.2) is 181 Å². The molecular formula is C24H44O16. The molecule has 3 fully saturated rings. The van der Waals surface area contributed by atoms with Gasteiger partial charge in [0.1, 0.15) is 48.3 Å². The molecule has 6 unspecified atom stereocenters. The molecular weight excluding hydrogens is 544 g/mol. The zero-order valence-corrected chi connectivity index (χ0v) is 22.4. The quantitative estimate of drug-likeness (QED) is 0.107. The first kappa shape index (κ1) is 33.9. The summed E-state index contributed by atoms with van der Waals surface area (Å²) in [5, 5.41) is 111. The predicted molar refractivity (Wildman–Crippen MR) is 129 cm³/mol. The van der Waals surface area contributed by atoms with Crippen LogP contribution in [0.1, 0.15) is 13.8 Å². The van der Waals surface area contributed by atoms with Gasteiger partial charge in [-0.2, -0.15) is 0 Å². The number of aliphatic hydroxyl groups excluding tert-OH is 11. The average molecular weight is 589 g/mol. The van der Waals surface area contributed by atoms with Gasteiger partial charge < -0.3 is 79.9 Å². The lowest BCUT2D eigenvalue weighted by atomic mass is 9.80. The normalized spacial score (nSPS) is 50.2. The van der Waals surface area contributed by atoms with E-state index in [4.69, 9.17) is 23.7 Å². The third-order valence-electron chi connectivity index (χ3n) is 8.31. The van der Waals surface area contributed by atoms with Crippen LogP contribution in [0.5, 0.6) is 0 Å². The molecule has 0 aromatic rings. The van der Waals surface area contributed by atoms with Gasteiger partial charge in [-0.25, -0.2) is 0 Å². The summed E-state index contributed by atoms with van der Waals surface area (Å²) in [4.78, 5) is 0. The highest BCUT2D eigenvalue weighted by atomic mass is 16.6. The van der Waals surface area contributed by atoms with E-state index in [-0.39, 0.29) is 26.4 Å². The van der Waals surface area contributed by atoms with Crippen molar-refractivity contribution >= 4 is 0 Å². The summed E-state index contributed by atoms with van der Waals surface area (Å²) in [5.74, 6) is -1.90. The highest BCUT2D eigenvalue weighted by molar-refractivity contribution is 5.00. The molecule has 16 nitrogen and oxygen atoms in total. The van der Waals surface area contributed by atoms with Gasteiger partial charge in [-0.05, 0) is 13.8 Å². The summed E-state index contributed by atoms with van der Waals surface area (Å²) in [6.07, 6.45) is -15.8. The Morgan fingerprint density at radius 3 is 1.75 bits per heavy atom. The molecule has 0 aromatic carbocycles. The van der Waals surface area contributed by atoms with Crippen LogP contribution in [0.4, 0.5) is 0 Å². The lowest BCUT2D eigenvalue weighted by Crippen LogP contribution is -2.65. The number of ether oxygens (including phenoxy) is 5. The van der Waals surface area contributed by atoms with Crippen molar-refractivity contribution < 1.29 is 79.9 Å². The Morgan fingerprint density at radius 2 is 1.15 bits per heavy atom. The zero-order chi connectivity index (χ0) is 30.0. The van der Waals surface area contributed by atoms with Gasteiger partial charge >= 0.3 is 0 Å². The number of hydrogen-bond donors (Lipinski definition) is 11. The second kappa shape index (κ2) is 13.8. The maximum Gasteiger partial charge on any atom is 0.184 e. The molecule has 0 aliphatic carbocycles. The summed E-state index contributed by atoms with van der Waals surface area (Å²) in [6.45, 7) is -0.195. The average Bonchev–Trinajstić information content (AvgIpc) is 2.94. The summed E-state index contributed by atoms with van der Waals surface area (Å²) >= 11 is 0. The molecule has 15 atom stereocenters. The molecule has 11 N–H and O–H groups in total. The summed E-state index contributed by atoms with van der Waals surface area (Å²) in [6, 6.07) is 0. The van der Waals surface area contributed by atoms with Crippen LogP contribution in [0, 0.1) is 11.8 Å². The number of aliphatic hydroxyl groups is 11. The van der Waals surface area contributed by atoms with Crippen LogP contribution < -0.4 is 0 Å². The zero-order valence-electron chi connectivity index (χ0n) is 22.4. The van der Waals surface area contributed by atoms with E-state index in [9.17, 15) is 56.2 Å². The topological polar surface area (TPSA) is 269 Å². The Kier molecular flexibility index (Phi) is 11.7. The molecule has 3 heterocycles. The minimum absolute atomic E-state index is 0.265. The molecule has 0 bridgehead atoms. The van der Waals surface area contributed by atoms with Gasteiger partial charge in [0, 0.05) is 11.8 Å². The molecule has 3 saturated heterocycles. The second-order valence-electron chi connectivity index (χ2n) is 11.2. The standard InChI is InChI=1S/C24H44O16/c1-23(8-26)11(16(29)20(33)22(35)40-23)5-37-6-13-17(30)15(28)10(12(3-25)38-13)4-36-7-14-18(31)19(32)21(34)24(2,9-27)39-14/h10-22,25-35H,3-9H2,1-2H3/t10-,11+,12?,13-,14-,15-,16-,17?,18?,19+,20?,21+,22+,23?,24?/m1/s1. The van der Waals surface area contributed by atoms with Crippen LogP contribution in [0.3, 0.4) is 0 Å². The molecule has 236 valence electrons. The highest BCUT2D eigenvalue weighted by Crippen LogP contribution is 2.35. The maximum atomic E-state index is 10.8. The fourth-order valence-corrected chi connectivity index (χ4v) is 5.40. The fraction of sp³-hybridized carbons (Fsp3) is 1.00. The Labute approximate surface area is 230 Å². The van der Waals surface area contributed by atoms with Crippen molar-refractivity contribution in [2.45, 2.75) is 92.4 Å². The molecule has 16 heteroatoms. The van der Waals surface area contributed by atoms with E-state index >= 15 is 0 Å². The first-order valence-electron chi connectivity index (χ1n) is 13.2. The van der Waals surface area contributed by atoms with Gasteiger partial charge in [-0.3, -0.25) is 0 Å². The van der Waals surface area contributed by atoms with Gasteiger partial charge in [0.05, 0.1) is 70.2 Å². The predicted octanol–water partition coefficient (Wildman–Crippen LogP) is -6.21. The van der Waals surface area contributed by atoms with Crippen molar-refractivity contribution in [3.63, 3.8) is 0 Å². The highest BCUT2D eigenvalue weighted by Gasteiger charge is 2.52. The molecule has 0 radical (unpaired) electrons. The molecule has 3 rings (SSSR count). The summed E-state index contributed by atoms with van der Waals surface area (Å²) < 4.78 is 27.6. The van der Waals surface area contributed by atoms with E-state index in [1.807, 2.05) is 0 Å². The SMILES string of the molecule is CC1(CO)O[C@H](COC[C@@H]2C(CO)O[C@H](COC[C@H]3[C@@H](O)C(O)[C@@H](O)OC3(C)CO)C(O)[C@@H]2O)C(O)[C@H](O)[C@@H]1O. The Hall–Kier alpha value is -0.640. The number of rotatable bonds is 11. The monoisotopic (exact) mass is 588 g/mol. The second-order valence-corrected chi connectivity index (χ2v) is 11.2. The largest absolute Gasteiger partial charge is 0.394 e. The Morgan fingerprint density at radius 1 is 0.575 bits per heavy atom. The van der Waals surface area contributed by atoms with E-state index in [0.29, 0.717) is 0 Å². The van der Waals surface area contributed by atoms with E-state index < -0.39 is 110 Å². The first-order chi connectivity index (χ1) is 18.7. The van der Waals surface area contributed by atoms with Crippen LogP contribution in [0.15, 0.2) is 0 Å². The third-order valence-corrected chi connectivity index (χ3v) is 8.31. The summed E-state index contributed by atoms with van der Waals surface area (Å²) in [5.41, 5.74) is -3.00. The van der Waals surface area contributed by atoms with Crippen LogP contribution in [-0.2, 0) is 23.7 Å². The molecule has 40 heavy (non-hydrogen) atoms. The van der Waals surface area contributed by atoms with E-state index in [1.54, 1.807) is 0 Å². The van der Waals surface area contributed by atoms with Gasteiger partial charge in [0.15, 0.2) is 6.29 Å². The minimum atomic E-state index is -1.71. The van der Waals surface area contributed by atoms with Crippen molar-refractivity contribution in [1.82, 2.24) is 0 Å². The fourth-order valence-electron chi connectivity index (χ4n) is 5.40. The molecule has 0 spiro atoms. The molecule has 3 aliphatic heterocycles. The molecule has 0 amide bonds. The maximum absolute atomic E-state index is 10.8.